The molecular formula is C11H11F2N. The van der Waals surface area contributed by atoms with Gasteiger partial charge in [-0.1, -0.05) is 6.08 Å². The first-order chi connectivity index (χ1) is 6.72. The smallest absolute Gasteiger partial charge is 0.128 e. The van der Waals surface area contributed by atoms with Crippen molar-refractivity contribution in [2.75, 3.05) is 6.54 Å². The summed E-state index contributed by atoms with van der Waals surface area (Å²) in [5, 5.41) is 0. The highest BCUT2D eigenvalue weighted by atomic mass is 19.1. The van der Waals surface area contributed by atoms with Crippen molar-refractivity contribution < 1.29 is 8.78 Å². The van der Waals surface area contributed by atoms with Crippen LogP contribution in [0.15, 0.2) is 24.8 Å². The van der Waals surface area contributed by atoms with E-state index in [1.165, 1.54) is 12.1 Å². The van der Waals surface area contributed by atoms with E-state index in [1.54, 1.807) is 6.08 Å². The topological polar surface area (TPSA) is 3.24 Å². The molecule has 74 valence electrons. The molecule has 3 heteroatoms. The van der Waals surface area contributed by atoms with E-state index in [2.05, 4.69) is 6.58 Å². The number of halogens is 2. The Hall–Kier alpha value is -1.22. The lowest BCUT2D eigenvalue weighted by Gasteiger charge is -2.10. The molecule has 0 radical (unpaired) electrons. The minimum absolute atomic E-state index is 0.312. The van der Waals surface area contributed by atoms with Gasteiger partial charge in [-0.3, -0.25) is 4.90 Å². The van der Waals surface area contributed by atoms with Crippen molar-refractivity contribution >= 4 is 0 Å². The second kappa shape index (κ2) is 3.50. The largest absolute Gasteiger partial charge is 0.291 e. The van der Waals surface area contributed by atoms with E-state index in [0.29, 0.717) is 30.8 Å². The van der Waals surface area contributed by atoms with Crippen LogP contribution < -0.4 is 0 Å². The van der Waals surface area contributed by atoms with Crippen LogP contribution >= 0.6 is 0 Å². The zero-order valence-electron chi connectivity index (χ0n) is 7.76. The number of rotatable bonds is 2. The third-order valence-electron chi connectivity index (χ3n) is 2.47. The molecule has 0 atom stereocenters. The van der Waals surface area contributed by atoms with Crippen molar-refractivity contribution in [3.05, 3.63) is 47.5 Å². The van der Waals surface area contributed by atoms with Crippen LogP contribution in [0, 0.1) is 11.6 Å². The minimum Gasteiger partial charge on any atom is -0.291 e. The molecule has 0 aliphatic carbocycles. The van der Waals surface area contributed by atoms with Gasteiger partial charge in [-0.05, 0) is 12.1 Å². The summed E-state index contributed by atoms with van der Waals surface area (Å²) in [6.45, 7) is 5.22. The average molecular weight is 195 g/mol. The second-order valence-electron chi connectivity index (χ2n) is 3.44. The van der Waals surface area contributed by atoms with Gasteiger partial charge in [0.15, 0.2) is 0 Å². The standard InChI is InChI=1S/C11H11F2N/c1-2-5-14-6-8-9(7-14)11(13)4-3-10(8)12/h2-4H,1,5-7H2. The highest BCUT2D eigenvalue weighted by molar-refractivity contribution is 5.33. The molecule has 1 aliphatic rings. The van der Waals surface area contributed by atoms with Crippen LogP contribution in [0.25, 0.3) is 0 Å². The highest BCUT2D eigenvalue weighted by Gasteiger charge is 2.23. The quantitative estimate of drug-likeness (QED) is 0.655. The Morgan fingerprint density at radius 1 is 1.21 bits per heavy atom. The van der Waals surface area contributed by atoms with Gasteiger partial charge in [0.1, 0.15) is 11.6 Å². The zero-order valence-corrected chi connectivity index (χ0v) is 7.76. The zero-order chi connectivity index (χ0) is 10.1. The van der Waals surface area contributed by atoms with Crippen LogP contribution in [0.5, 0.6) is 0 Å². The van der Waals surface area contributed by atoms with Crippen LogP contribution in [-0.2, 0) is 13.1 Å². The van der Waals surface area contributed by atoms with E-state index in [0.717, 1.165) is 0 Å². The fraction of sp³-hybridized carbons (Fsp3) is 0.273. The van der Waals surface area contributed by atoms with Crippen LogP contribution in [0.1, 0.15) is 11.1 Å². The van der Waals surface area contributed by atoms with Crippen LogP contribution in [-0.4, -0.2) is 11.4 Å². The molecule has 1 nitrogen and oxygen atoms in total. The molecule has 2 rings (SSSR count). The molecule has 1 aromatic carbocycles. The molecule has 0 saturated carbocycles. The fourth-order valence-corrected chi connectivity index (χ4v) is 1.79. The maximum absolute atomic E-state index is 13.3. The van der Waals surface area contributed by atoms with Gasteiger partial charge in [0.05, 0.1) is 0 Å². The third-order valence-corrected chi connectivity index (χ3v) is 2.47. The van der Waals surface area contributed by atoms with Gasteiger partial charge >= 0.3 is 0 Å². The van der Waals surface area contributed by atoms with E-state index >= 15 is 0 Å². The summed E-state index contributed by atoms with van der Waals surface area (Å²) in [5.74, 6) is -0.624. The van der Waals surface area contributed by atoms with Crippen LogP contribution in [0.2, 0.25) is 0 Å². The summed E-state index contributed by atoms with van der Waals surface area (Å²) in [5.41, 5.74) is 0.985. The van der Waals surface area contributed by atoms with E-state index < -0.39 is 0 Å². The van der Waals surface area contributed by atoms with Crippen molar-refractivity contribution in [1.82, 2.24) is 4.90 Å². The Labute approximate surface area is 81.7 Å². The lowest BCUT2D eigenvalue weighted by atomic mass is 10.1. The lowest BCUT2D eigenvalue weighted by molar-refractivity contribution is 0.312. The lowest BCUT2D eigenvalue weighted by Crippen LogP contribution is -2.15. The molecule has 0 N–H and O–H groups in total. The average Bonchev–Trinajstić information content (AvgIpc) is 2.57. The van der Waals surface area contributed by atoms with E-state index in [-0.39, 0.29) is 11.6 Å². The van der Waals surface area contributed by atoms with Gasteiger partial charge in [-0.15, -0.1) is 6.58 Å². The minimum atomic E-state index is -0.312. The van der Waals surface area contributed by atoms with Gasteiger partial charge in [0, 0.05) is 30.8 Å². The SMILES string of the molecule is C=CCN1Cc2c(F)ccc(F)c2C1. The number of benzene rings is 1. The highest BCUT2D eigenvalue weighted by Crippen LogP contribution is 2.27. The van der Waals surface area contributed by atoms with E-state index in [4.69, 9.17) is 0 Å². The molecule has 0 bridgehead atoms. The molecular weight excluding hydrogens is 184 g/mol. The normalized spacial score (nSPS) is 15.6. The monoisotopic (exact) mass is 195 g/mol. The maximum atomic E-state index is 13.3. The van der Waals surface area contributed by atoms with Crippen molar-refractivity contribution in [3.8, 4) is 0 Å². The number of nitrogens with zero attached hydrogens (tertiary/aromatic N) is 1. The van der Waals surface area contributed by atoms with Gasteiger partial charge < -0.3 is 0 Å². The fourth-order valence-electron chi connectivity index (χ4n) is 1.79. The first-order valence-electron chi connectivity index (χ1n) is 4.51. The third kappa shape index (κ3) is 1.44. The molecule has 0 amide bonds. The summed E-state index contributed by atoms with van der Waals surface area (Å²) in [7, 11) is 0. The van der Waals surface area contributed by atoms with E-state index in [1.807, 2.05) is 4.90 Å². The molecule has 14 heavy (non-hydrogen) atoms. The Morgan fingerprint density at radius 3 is 2.14 bits per heavy atom. The summed E-state index contributed by atoms with van der Waals surface area (Å²) in [6.07, 6.45) is 1.74. The maximum Gasteiger partial charge on any atom is 0.128 e. The second-order valence-corrected chi connectivity index (χ2v) is 3.44. The van der Waals surface area contributed by atoms with E-state index in [9.17, 15) is 8.78 Å². The van der Waals surface area contributed by atoms with Crippen LogP contribution in [0.3, 0.4) is 0 Å². The van der Waals surface area contributed by atoms with Crippen molar-refractivity contribution in [1.29, 1.82) is 0 Å². The molecule has 1 aromatic rings. The van der Waals surface area contributed by atoms with Gasteiger partial charge in [-0.25, -0.2) is 8.78 Å². The molecule has 0 aromatic heterocycles. The molecule has 0 unspecified atom stereocenters. The Morgan fingerprint density at radius 2 is 1.71 bits per heavy atom. The predicted molar refractivity (Wildman–Crippen MR) is 50.7 cm³/mol. The number of hydrogen-bond donors (Lipinski definition) is 0. The van der Waals surface area contributed by atoms with Crippen molar-refractivity contribution in [2.24, 2.45) is 0 Å². The first-order valence-corrected chi connectivity index (χ1v) is 4.51. The molecule has 0 spiro atoms. The summed E-state index contributed by atoms with van der Waals surface area (Å²) in [6, 6.07) is 2.37. The molecule has 0 saturated heterocycles. The molecule has 0 fully saturated rings. The van der Waals surface area contributed by atoms with Crippen molar-refractivity contribution in [2.45, 2.75) is 13.1 Å². The Bertz CT molecular complexity index is 343. The Balaban J connectivity index is 2.33. The number of hydrogen-bond acceptors (Lipinski definition) is 1. The Kier molecular flexibility index (Phi) is 2.33. The summed E-state index contributed by atoms with van der Waals surface area (Å²) >= 11 is 0. The first kappa shape index (κ1) is 9.34. The molecule has 1 heterocycles. The number of fused-ring (bicyclic) bond motifs is 1. The summed E-state index contributed by atoms with van der Waals surface area (Å²) in [4.78, 5) is 1.95. The summed E-state index contributed by atoms with van der Waals surface area (Å²) < 4.78 is 26.5. The van der Waals surface area contributed by atoms with Gasteiger partial charge in [0.25, 0.3) is 0 Å². The van der Waals surface area contributed by atoms with Gasteiger partial charge in [0.2, 0.25) is 0 Å². The van der Waals surface area contributed by atoms with Crippen molar-refractivity contribution in [3.63, 3.8) is 0 Å². The predicted octanol–water partition coefficient (Wildman–Crippen LogP) is 2.47. The molecule has 1 aliphatic heterocycles. The van der Waals surface area contributed by atoms with Gasteiger partial charge in [-0.2, -0.15) is 0 Å². The van der Waals surface area contributed by atoms with Crippen LogP contribution in [0.4, 0.5) is 8.78 Å².